The predicted molar refractivity (Wildman–Crippen MR) is 167 cm³/mol. The normalized spacial score (nSPS) is 13.2. The van der Waals surface area contributed by atoms with E-state index in [9.17, 15) is 14.4 Å². The fraction of sp³-hybridized carbons (Fsp3) is 0.400. The Morgan fingerprint density at radius 1 is 0.762 bits per heavy atom. The standard InChI is InChI=1S/C35H45N3O4/c1-4-5-16-29(22-27-17-19-30(20-18-27)42-24-28-14-10-7-11-15-28)33(39)38-35(41)32(23-26-12-8-6-9-13-26)37-34(40)31(36)21-25(2)3/h6-15,17-20,25,29,31-32H,4-5,16,21-24,36H2,1-3H3,(H,37,40)(H,38,39,41)/t29?,31-,32-/m0/s1. The van der Waals surface area contributed by atoms with Gasteiger partial charge in [-0.15, -0.1) is 0 Å². The first-order valence-corrected chi connectivity index (χ1v) is 14.9. The molecule has 7 heteroatoms. The minimum Gasteiger partial charge on any atom is -0.489 e. The van der Waals surface area contributed by atoms with Gasteiger partial charge in [0.2, 0.25) is 17.7 Å². The van der Waals surface area contributed by atoms with Gasteiger partial charge in [-0.3, -0.25) is 19.7 Å². The average molecular weight is 572 g/mol. The Morgan fingerprint density at radius 3 is 1.95 bits per heavy atom. The first kappa shape index (κ1) is 32.5. The molecular formula is C35H45N3O4. The van der Waals surface area contributed by atoms with Crippen LogP contribution in [0.5, 0.6) is 5.75 Å². The summed E-state index contributed by atoms with van der Waals surface area (Å²) >= 11 is 0. The van der Waals surface area contributed by atoms with Crippen LogP contribution in [0.1, 0.15) is 63.1 Å². The van der Waals surface area contributed by atoms with Crippen LogP contribution in [0.15, 0.2) is 84.9 Å². The summed E-state index contributed by atoms with van der Waals surface area (Å²) in [5.41, 5.74) is 9.04. The largest absolute Gasteiger partial charge is 0.489 e. The van der Waals surface area contributed by atoms with E-state index in [1.807, 2.05) is 98.8 Å². The van der Waals surface area contributed by atoms with Gasteiger partial charge in [-0.1, -0.05) is 106 Å². The summed E-state index contributed by atoms with van der Waals surface area (Å²) < 4.78 is 5.89. The van der Waals surface area contributed by atoms with Crippen molar-refractivity contribution in [1.29, 1.82) is 0 Å². The third-order valence-electron chi connectivity index (χ3n) is 7.15. The van der Waals surface area contributed by atoms with Crippen molar-refractivity contribution in [3.63, 3.8) is 0 Å². The zero-order valence-electron chi connectivity index (χ0n) is 25.1. The summed E-state index contributed by atoms with van der Waals surface area (Å²) in [6, 6.07) is 25.5. The number of benzene rings is 3. The average Bonchev–Trinajstić information content (AvgIpc) is 2.99. The minimum absolute atomic E-state index is 0.234. The van der Waals surface area contributed by atoms with Gasteiger partial charge in [0.1, 0.15) is 18.4 Å². The SMILES string of the molecule is CCCCC(Cc1ccc(OCc2ccccc2)cc1)C(=O)NC(=O)[C@H](Cc1ccccc1)NC(=O)[C@@H](N)CC(C)C. The molecular weight excluding hydrogens is 526 g/mol. The number of nitrogens with one attached hydrogen (secondary N) is 2. The van der Waals surface area contributed by atoms with Gasteiger partial charge >= 0.3 is 0 Å². The first-order valence-electron chi connectivity index (χ1n) is 14.9. The van der Waals surface area contributed by atoms with Crippen LogP contribution < -0.4 is 21.1 Å². The molecule has 3 atom stereocenters. The molecule has 0 saturated carbocycles. The van der Waals surface area contributed by atoms with Gasteiger partial charge in [-0.05, 0) is 54.0 Å². The monoisotopic (exact) mass is 571 g/mol. The van der Waals surface area contributed by atoms with E-state index in [0.29, 0.717) is 25.9 Å². The molecule has 3 rings (SSSR count). The molecule has 3 aromatic rings. The molecule has 0 heterocycles. The third kappa shape index (κ3) is 11.1. The molecule has 0 aliphatic carbocycles. The lowest BCUT2D eigenvalue weighted by Crippen LogP contribution is -2.54. The summed E-state index contributed by atoms with van der Waals surface area (Å²) in [7, 11) is 0. The Bertz CT molecular complexity index is 1250. The van der Waals surface area contributed by atoms with Gasteiger partial charge in [-0.2, -0.15) is 0 Å². The van der Waals surface area contributed by atoms with Gasteiger partial charge in [0.05, 0.1) is 6.04 Å². The maximum absolute atomic E-state index is 13.4. The molecule has 3 aromatic carbocycles. The first-order chi connectivity index (χ1) is 20.2. The highest BCUT2D eigenvalue weighted by atomic mass is 16.5. The van der Waals surface area contributed by atoms with Crippen molar-refractivity contribution in [2.75, 3.05) is 0 Å². The highest BCUT2D eigenvalue weighted by Crippen LogP contribution is 2.20. The fourth-order valence-corrected chi connectivity index (χ4v) is 4.79. The number of carbonyl (C=O) groups excluding carboxylic acids is 3. The predicted octanol–water partition coefficient (Wildman–Crippen LogP) is 5.36. The Kier molecular flexibility index (Phi) is 13.2. The van der Waals surface area contributed by atoms with E-state index < -0.39 is 23.9 Å². The van der Waals surface area contributed by atoms with Crippen LogP contribution in [0.4, 0.5) is 0 Å². The van der Waals surface area contributed by atoms with E-state index >= 15 is 0 Å². The van der Waals surface area contributed by atoms with Crippen molar-refractivity contribution in [2.45, 2.75) is 78.0 Å². The number of hydrogen-bond donors (Lipinski definition) is 3. The van der Waals surface area contributed by atoms with E-state index in [1.54, 1.807) is 0 Å². The van der Waals surface area contributed by atoms with Crippen molar-refractivity contribution in [3.8, 4) is 5.75 Å². The van der Waals surface area contributed by atoms with Gasteiger partial charge in [0.15, 0.2) is 0 Å². The maximum Gasteiger partial charge on any atom is 0.249 e. The Balaban J connectivity index is 1.66. The smallest absolute Gasteiger partial charge is 0.249 e. The zero-order valence-corrected chi connectivity index (χ0v) is 25.1. The van der Waals surface area contributed by atoms with Gasteiger partial charge in [0.25, 0.3) is 0 Å². The van der Waals surface area contributed by atoms with Crippen molar-refractivity contribution < 1.29 is 19.1 Å². The molecule has 0 bridgehead atoms. The molecule has 0 spiro atoms. The van der Waals surface area contributed by atoms with E-state index in [2.05, 4.69) is 17.6 Å². The summed E-state index contributed by atoms with van der Waals surface area (Å²) in [4.78, 5) is 39.6. The molecule has 42 heavy (non-hydrogen) atoms. The van der Waals surface area contributed by atoms with Crippen LogP contribution in [0, 0.1) is 11.8 Å². The lowest BCUT2D eigenvalue weighted by atomic mass is 9.93. The number of imide groups is 1. The van der Waals surface area contributed by atoms with Crippen molar-refractivity contribution in [2.24, 2.45) is 17.6 Å². The maximum atomic E-state index is 13.4. The second-order valence-corrected chi connectivity index (χ2v) is 11.3. The van der Waals surface area contributed by atoms with Crippen LogP contribution in [0.2, 0.25) is 0 Å². The number of nitrogens with two attached hydrogens (primary N) is 1. The summed E-state index contributed by atoms with van der Waals surface area (Å²) in [6.45, 7) is 6.53. The molecule has 0 radical (unpaired) electrons. The molecule has 7 nitrogen and oxygen atoms in total. The van der Waals surface area contributed by atoms with Gasteiger partial charge < -0.3 is 15.8 Å². The van der Waals surface area contributed by atoms with Crippen LogP contribution in [0.3, 0.4) is 0 Å². The molecule has 0 aromatic heterocycles. The molecule has 0 aliphatic rings. The lowest BCUT2D eigenvalue weighted by molar-refractivity contribution is -0.136. The quantitative estimate of drug-likeness (QED) is 0.214. The molecule has 4 N–H and O–H groups in total. The van der Waals surface area contributed by atoms with Gasteiger partial charge in [-0.25, -0.2) is 0 Å². The van der Waals surface area contributed by atoms with Crippen LogP contribution >= 0.6 is 0 Å². The van der Waals surface area contributed by atoms with Crippen LogP contribution in [0.25, 0.3) is 0 Å². The van der Waals surface area contributed by atoms with Crippen LogP contribution in [-0.2, 0) is 33.8 Å². The Morgan fingerprint density at radius 2 is 1.36 bits per heavy atom. The molecule has 0 saturated heterocycles. The van der Waals surface area contributed by atoms with E-state index in [4.69, 9.17) is 10.5 Å². The minimum atomic E-state index is -0.921. The molecule has 1 unspecified atom stereocenters. The summed E-state index contributed by atoms with van der Waals surface area (Å²) in [6.07, 6.45) is 3.69. The highest BCUT2D eigenvalue weighted by Gasteiger charge is 2.28. The second-order valence-electron chi connectivity index (χ2n) is 11.3. The van der Waals surface area contributed by atoms with Gasteiger partial charge in [0, 0.05) is 12.3 Å². The Labute approximate surface area is 250 Å². The third-order valence-corrected chi connectivity index (χ3v) is 7.15. The molecule has 0 fully saturated rings. The van der Waals surface area contributed by atoms with Crippen molar-refractivity contribution in [1.82, 2.24) is 10.6 Å². The van der Waals surface area contributed by atoms with Crippen LogP contribution in [-0.4, -0.2) is 29.8 Å². The lowest BCUT2D eigenvalue weighted by Gasteiger charge is -2.23. The van der Waals surface area contributed by atoms with E-state index in [0.717, 1.165) is 35.3 Å². The molecule has 3 amide bonds. The molecule has 0 aliphatic heterocycles. The number of hydrogen-bond acceptors (Lipinski definition) is 5. The summed E-state index contributed by atoms with van der Waals surface area (Å²) in [5, 5.41) is 5.40. The van der Waals surface area contributed by atoms with Crippen molar-refractivity contribution >= 4 is 17.7 Å². The fourth-order valence-electron chi connectivity index (χ4n) is 4.79. The second kappa shape index (κ2) is 17.1. The summed E-state index contributed by atoms with van der Waals surface area (Å²) in [5.74, 6) is -0.664. The number of carbonyl (C=O) groups is 3. The number of ether oxygens (including phenoxy) is 1. The number of unbranched alkanes of at least 4 members (excludes halogenated alkanes) is 1. The van der Waals surface area contributed by atoms with E-state index in [1.165, 1.54) is 0 Å². The van der Waals surface area contributed by atoms with Crippen molar-refractivity contribution in [3.05, 3.63) is 102 Å². The van der Waals surface area contributed by atoms with E-state index in [-0.39, 0.29) is 24.2 Å². The zero-order chi connectivity index (χ0) is 30.3. The highest BCUT2D eigenvalue weighted by molar-refractivity contribution is 6.00. The Hall–Kier alpha value is -3.97. The molecule has 224 valence electrons. The number of amides is 3. The number of rotatable bonds is 16. The topological polar surface area (TPSA) is 111 Å².